The normalized spacial score (nSPS) is 12.1. The highest BCUT2D eigenvalue weighted by Crippen LogP contribution is 2.37. The van der Waals surface area contributed by atoms with Crippen molar-refractivity contribution >= 4 is 27.5 Å². The number of methoxy groups -OCH3 is 1. The molecule has 2 aromatic rings. The molecule has 0 amide bonds. The van der Waals surface area contributed by atoms with Crippen molar-refractivity contribution in [3.05, 3.63) is 57.0 Å². The third kappa shape index (κ3) is 7.31. The maximum Gasteiger partial charge on any atom is 0.175 e. The van der Waals surface area contributed by atoms with Crippen LogP contribution in [0, 0.1) is 5.41 Å². The molecular weight excluding hydrogens is 438 g/mol. The second kappa shape index (κ2) is 9.51. The second-order valence-electron chi connectivity index (χ2n) is 9.00. The van der Waals surface area contributed by atoms with Gasteiger partial charge in [-0.1, -0.05) is 44.5 Å². The van der Waals surface area contributed by atoms with Gasteiger partial charge in [-0.25, -0.2) is 0 Å². The molecule has 1 N–H and O–H groups in total. The van der Waals surface area contributed by atoms with Crippen LogP contribution in [0.25, 0.3) is 0 Å². The second-order valence-corrected chi connectivity index (χ2v) is 10.3. The Balaban J connectivity index is 2.08. The first-order chi connectivity index (χ1) is 13.0. The summed E-state index contributed by atoms with van der Waals surface area (Å²) in [7, 11) is 1.66. The molecule has 2 aromatic carbocycles. The van der Waals surface area contributed by atoms with E-state index in [4.69, 9.17) is 21.1 Å². The van der Waals surface area contributed by atoms with Crippen LogP contribution in [-0.2, 0) is 13.2 Å². The van der Waals surface area contributed by atoms with Gasteiger partial charge in [0.15, 0.2) is 11.5 Å². The number of rotatable bonds is 8. The van der Waals surface area contributed by atoms with Gasteiger partial charge in [0.2, 0.25) is 0 Å². The van der Waals surface area contributed by atoms with Crippen molar-refractivity contribution < 1.29 is 9.47 Å². The van der Waals surface area contributed by atoms with Crippen LogP contribution in [0.15, 0.2) is 40.9 Å². The Morgan fingerprint density at radius 2 is 1.64 bits per heavy atom. The van der Waals surface area contributed by atoms with Crippen molar-refractivity contribution in [2.45, 2.75) is 59.7 Å². The fraction of sp³-hybridized carbons (Fsp3) is 0.478. The van der Waals surface area contributed by atoms with Crippen LogP contribution in [0.4, 0.5) is 0 Å². The van der Waals surface area contributed by atoms with Crippen LogP contribution < -0.4 is 14.8 Å². The van der Waals surface area contributed by atoms with Crippen molar-refractivity contribution in [2.75, 3.05) is 7.11 Å². The van der Waals surface area contributed by atoms with Crippen molar-refractivity contribution in [1.29, 1.82) is 0 Å². The van der Waals surface area contributed by atoms with Gasteiger partial charge in [-0.2, -0.15) is 0 Å². The lowest BCUT2D eigenvalue weighted by Gasteiger charge is -2.33. The minimum atomic E-state index is 0.0434. The van der Waals surface area contributed by atoms with Gasteiger partial charge in [-0.15, -0.1) is 0 Å². The van der Waals surface area contributed by atoms with E-state index < -0.39 is 0 Å². The van der Waals surface area contributed by atoms with E-state index in [9.17, 15) is 0 Å². The summed E-state index contributed by atoms with van der Waals surface area (Å²) in [5, 5.41) is 4.38. The van der Waals surface area contributed by atoms with Crippen molar-refractivity contribution in [2.24, 2.45) is 5.41 Å². The van der Waals surface area contributed by atoms with Gasteiger partial charge in [0.1, 0.15) is 6.61 Å². The number of benzene rings is 2. The van der Waals surface area contributed by atoms with Gasteiger partial charge in [0.05, 0.1) is 11.6 Å². The van der Waals surface area contributed by atoms with Gasteiger partial charge in [-0.05, 0) is 77.0 Å². The average Bonchev–Trinajstić information content (AvgIpc) is 2.58. The molecule has 0 atom stereocenters. The molecule has 0 aliphatic heterocycles. The van der Waals surface area contributed by atoms with E-state index in [1.54, 1.807) is 7.11 Å². The Labute approximate surface area is 182 Å². The summed E-state index contributed by atoms with van der Waals surface area (Å²) in [6.07, 6.45) is 1.08. The van der Waals surface area contributed by atoms with Crippen LogP contribution in [0.2, 0.25) is 5.02 Å². The number of hydrogen-bond acceptors (Lipinski definition) is 3. The minimum absolute atomic E-state index is 0.0434. The molecule has 28 heavy (non-hydrogen) atoms. The first-order valence-electron chi connectivity index (χ1n) is 9.48. The zero-order chi connectivity index (χ0) is 20.9. The SMILES string of the molecule is COc1cc(CNC(C)(C)CC(C)(C)C)cc(Br)c1OCc1ccc(Cl)cc1. The fourth-order valence-electron chi connectivity index (χ4n) is 3.48. The first-order valence-corrected chi connectivity index (χ1v) is 10.6. The van der Waals surface area contributed by atoms with Gasteiger partial charge in [0, 0.05) is 17.1 Å². The van der Waals surface area contributed by atoms with E-state index in [0.29, 0.717) is 23.1 Å². The largest absolute Gasteiger partial charge is 0.493 e. The van der Waals surface area contributed by atoms with E-state index >= 15 is 0 Å². The topological polar surface area (TPSA) is 30.5 Å². The molecule has 0 aliphatic rings. The molecule has 0 saturated heterocycles. The highest BCUT2D eigenvalue weighted by Gasteiger charge is 2.25. The Morgan fingerprint density at radius 3 is 2.21 bits per heavy atom. The zero-order valence-corrected chi connectivity index (χ0v) is 20.0. The van der Waals surface area contributed by atoms with Crippen molar-refractivity contribution in [3.63, 3.8) is 0 Å². The molecule has 0 aromatic heterocycles. The molecule has 0 fully saturated rings. The Morgan fingerprint density at radius 1 is 1.00 bits per heavy atom. The van der Waals surface area contributed by atoms with Crippen molar-refractivity contribution in [1.82, 2.24) is 5.32 Å². The third-order valence-electron chi connectivity index (χ3n) is 4.33. The lowest BCUT2D eigenvalue weighted by atomic mass is 9.82. The van der Waals surface area contributed by atoms with E-state index in [-0.39, 0.29) is 11.0 Å². The van der Waals surface area contributed by atoms with Crippen LogP contribution in [0.5, 0.6) is 11.5 Å². The fourth-order valence-corrected chi connectivity index (χ4v) is 4.21. The molecule has 2 rings (SSSR count). The highest BCUT2D eigenvalue weighted by atomic mass is 79.9. The summed E-state index contributed by atoms with van der Waals surface area (Å²) >= 11 is 9.58. The lowest BCUT2D eigenvalue weighted by Crippen LogP contribution is -2.41. The maximum atomic E-state index is 6.02. The summed E-state index contributed by atoms with van der Waals surface area (Å²) < 4.78 is 12.5. The number of ether oxygens (including phenoxy) is 2. The van der Waals surface area contributed by atoms with Crippen LogP contribution >= 0.6 is 27.5 Å². The van der Waals surface area contributed by atoms with Crippen LogP contribution in [0.3, 0.4) is 0 Å². The highest BCUT2D eigenvalue weighted by molar-refractivity contribution is 9.10. The van der Waals surface area contributed by atoms with Crippen LogP contribution in [-0.4, -0.2) is 12.6 Å². The molecule has 154 valence electrons. The maximum absolute atomic E-state index is 6.02. The smallest absolute Gasteiger partial charge is 0.175 e. The molecule has 0 bridgehead atoms. The summed E-state index contributed by atoms with van der Waals surface area (Å²) in [6, 6.07) is 11.7. The predicted octanol–water partition coefficient (Wildman–Crippen LogP) is 6.99. The van der Waals surface area contributed by atoms with E-state index in [1.807, 2.05) is 30.3 Å². The number of halogens is 2. The predicted molar refractivity (Wildman–Crippen MR) is 121 cm³/mol. The van der Waals surface area contributed by atoms with Gasteiger partial charge < -0.3 is 14.8 Å². The molecule has 0 radical (unpaired) electrons. The quantitative estimate of drug-likeness (QED) is 0.452. The van der Waals surface area contributed by atoms with E-state index in [0.717, 1.165) is 28.6 Å². The monoisotopic (exact) mass is 467 g/mol. The molecule has 0 unspecified atom stereocenters. The van der Waals surface area contributed by atoms with E-state index in [1.165, 1.54) is 0 Å². The Kier molecular flexibility index (Phi) is 7.83. The zero-order valence-electron chi connectivity index (χ0n) is 17.7. The summed E-state index contributed by atoms with van der Waals surface area (Å²) in [6.45, 7) is 12.5. The van der Waals surface area contributed by atoms with Gasteiger partial charge in [-0.3, -0.25) is 0 Å². The molecule has 5 heteroatoms. The summed E-state index contributed by atoms with van der Waals surface area (Å²) in [4.78, 5) is 0. The Hall–Kier alpha value is -1.23. The molecule has 3 nitrogen and oxygen atoms in total. The number of nitrogens with one attached hydrogen (secondary N) is 1. The molecule has 0 aliphatic carbocycles. The summed E-state index contributed by atoms with van der Waals surface area (Å²) in [5.74, 6) is 1.42. The standard InChI is InChI=1S/C23H31BrClNO2/c1-22(2,3)15-23(4,5)26-13-17-11-19(24)21(20(12-17)27-6)28-14-16-7-9-18(25)10-8-16/h7-12,26H,13-15H2,1-6H3. The van der Waals surface area contributed by atoms with Crippen LogP contribution in [0.1, 0.15) is 52.2 Å². The van der Waals surface area contributed by atoms with Crippen molar-refractivity contribution in [3.8, 4) is 11.5 Å². The first kappa shape index (κ1) is 23.1. The molecule has 0 spiro atoms. The third-order valence-corrected chi connectivity index (χ3v) is 5.17. The van der Waals surface area contributed by atoms with E-state index in [2.05, 4.69) is 61.9 Å². The molecule has 0 heterocycles. The van der Waals surface area contributed by atoms with Gasteiger partial charge >= 0.3 is 0 Å². The summed E-state index contributed by atoms with van der Waals surface area (Å²) in [5.41, 5.74) is 2.51. The minimum Gasteiger partial charge on any atom is -0.493 e. The van der Waals surface area contributed by atoms with Gasteiger partial charge in [0.25, 0.3) is 0 Å². The molecular formula is C23H31BrClNO2. The number of hydrogen-bond donors (Lipinski definition) is 1. The lowest BCUT2D eigenvalue weighted by molar-refractivity contribution is 0.240. The molecule has 0 saturated carbocycles. The average molecular weight is 469 g/mol. The Bertz CT molecular complexity index is 782.